The number of halogens is 4. The molecule has 1 N–H and O–H groups in total. The Morgan fingerprint density at radius 1 is 1.09 bits per heavy atom. The number of morpholine rings is 1. The summed E-state index contributed by atoms with van der Waals surface area (Å²) in [4.78, 5) is 21.3. The Morgan fingerprint density at radius 3 is 2.45 bits per heavy atom. The third kappa shape index (κ3) is 7.15. The fraction of sp³-hybridized carbons (Fsp3) is 0.455. The summed E-state index contributed by atoms with van der Waals surface area (Å²) in [7, 11) is 1.55. The van der Waals surface area contributed by atoms with Crippen molar-refractivity contribution in [1.82, 2.24) is 14.8 Å². The maximum Gasteiger partial charge on any atom is 0.309 e. The van der Waals surface area contributed by atoms with E-state index < -0.39 is 35.0 Å². The number of rotatable bonds is 9. The van der Waals surface area contributed by atoms with E-state index in [1.54, 1.807) is 31.5 Å². The van der Waals surface area contributed by atoms with E-state index in [1.807, 2.05) is 4.90 Å². The Labute approximate surface area is 253 Å². The topological polar surface area (TPSA) is 75.1 Å². The van der Waals surface area contributed by atoms with Crippen molar-refractivity contribution in [3.05, 3.63) is 70.7 Å². The van der Waals surface area contributed by atoms with E-state index in [0.717, 1.165) is 30.8 Å². The smallest absolute Gasteiger partial charge is 0.309 e. The third-order valence-corrected chi connectivity index (χ3v) is 8.67. The second-order valence-electron chi connectivity index (χ2n) is 11.4. The predicted octanol–water partition coefficient (Wildman–Crippen LogP) is 5.50. The number of ether oxygens (including phenoxy) is 2. The summed E-state index contributed by atoms with van der Waals surface area (Å²) in [5.41, 5.74) is 0.841. The third-order valence-electron chi connectivity index (χ3n) is 8.67. The molecule has 1 aromatic heterocycles. The molecule has 0 radical (unpaired) electrons. The van der Waals surface area contributed by atoms with Gasteiger partial charge in [-0.2, -0.15) is 0 Å². The van der Waals surface area contributed by atoms with Gasteiger partial charge in [0.05, 0.1) is 37.8 Å². The molecular weight excluding hydrogens is 578 g/mol. The molecule has 7 nitrogen and oxygen atoms in total. The fourth-order valence-electron chi connectivity index (χ4n) is 5.99. The van der Waals surface area contributed by atoms with Crippen molar-refractivity contribution in [3.8, 4) is 17.6 Å². The molecule has 3 heterocycles. The zero-order valence-corrected chi connectivity index (χ0v) is 24.6. The van der Waals surface area contributed by atoms with Crippen LogP contribution in [-0.2, 0) is 16.1 Å². The molecule has 0 aliphatic carbocycles. The second-order valence-corrected chi connectivity index (χ2v) is 11.4. The molecule has 0 saturated carbocycles. The van der Waals surface area contributed by atoms with Crippen LogP contribution in [0.15, 0.2) is 36.5 Å². The number of benzene rings is 2. The molecule has 2 aliphatic heterocycles. The molecule has 11 heteroatoms. The van der Waals surface area contributed by atoms with Gasteiger partial charge in [0.25, 0.3) is 0 Å². The zero-order valence-electron chi connectivity index (χ0n) is 24.6. The summed E-state index contributed by atoms with van der Waals surface area (Å²) in [6, 6.07) is 7.02. The molecule has 2 fully saturated rings. The summed E-state index contributed by atoms with van der Waals surface area (Å²) in [5.74, 6) is 0.925. The number of carboxylic acids is 1. The molecule has 0 bridgehead atoms. The summed E-state index contributed by atoms with van der Waals surface area (Å²) in [6.07, 6.45) is 1.10. The van der Waals surface area contributed by atoms with Gasteiger partial charge in [0.2, 0.25) is 0 Å². The predicted molar refractivity (Wildman–Crippen MR) is 156 cm³/mol. The van der Waals surface area contributed by atoms with Gasteiger partial charge in [-0.15, -0.1) is 0 Å². The van der Waals surface area contributed by atoms with Gasteiger partial charge >= 0.3 is 5.97 Å². The number of nitrogens with zero attached hydrogens (tertiary/aromatic N) is 3. The Balaban J connectivity index is 1.28. The summed E-state index contributed by atoms with van der Waals surface area (Å²) in [5, 5.41) is 10.9. The molecule has 3 aromatic rings. The largest absolute Gasteiger partial charge is 0.497 e. The number of piperidine rings is 1. The minimum atomic E-state index is -1.54. The lowest BCUT2D eigenvalue weighted by atomic mass is 9.74. The first-order chi connectivity index (χ1) is 21.2. The molecule has 1 unspecified atom stereocenters. The number of alkyl halides is 1. The number of carboxylic acid groups (broad SMARTS) is 1. The summed E-state index contributed by atoms with van der Waals surface area (Å²) in [6.45, 7) is 4.27. The SMILES string of the molecule is COc1ccc2ncc(CN3CCOCC3)c(C(F)CCC3(C(=O)O)CCN(CC#Cc4cc(F)c(F)c(F)c4)CC3)c2c1. The number of hydrogen-bond donors (Lipinski definition) is 1. The quantitative estimate of drug-likeness (QED) is 0.194. The van der Waals surface area contributed by atoms with Crippen molar-refractivity contribution < 1.29 is 36.9 Å². The maximum absolute atomic E-state index is 16.4. The molecular formula is C33H35F4N3O4. The van der Waals surface area contributed by atoms with Gasteiger partial charge in [0.15, 0.2) is 17.5 Å². The highest BCUT2D eigenvalue weighted by atomic mass is 19.2. The van der Waals surface area contributed by atoms with Gasteiger partial charge in [0, 0.05) is 55.4 Å². The van der Waals surface area contributed by atoms with E-state index in [2.05, 4.69) is 21.7 Å². The Morgan fingerprint density at radius 2 is 1.80 bits per heavy atom. The van der Waals surface area contributed by atoms with Crippen LogP contribution in [0.5, 0.6) is 5.75 Å². The van der Waals surface area contributed by atoms with Crippen LogP contribution in [0.3, 0.4) is 0 Å². The minimum Gasteiger partial charge on any atom is -0.497 e. The highest BCUT2D eigenvalue weighted by Gasteiger charge is 2.42. The average Bonchev–Trinajstić information content (AvgIpc) is 3.03. The van der Waals surface area contributed by atoms with Crippen molar-refractivity contribution in [3.63, 3.8) is 0 Å². The van der Waals surface area contributed by atoms with Crippen molar-refractivity contribution >= 4 is 16.9 Å². The fourth-order valence-corrected chi connectivity index (χ4v) is 5.99. The van der Waals surface area contributed by atoms with Gasteiger partial charge in [-0.25, -0.2) is 17.6 Å². The molecule has 5 rings (SSSR count). The lowest BCUT2D eigenvalue weighted by Gasteiger charge is -2.38. The van der Waals surface area contributed by atoms with E-state index in [9.17, 15) is 23.1 Å². The zero-order chi connectivity index (χ0) is 31.3. The van der Waals surface area contributed by atoms with E-state index >= 15 is 4.39 Å². The second kappa shape index (κ2) is 13.9. The van der Waals surface area contributed by atoms with Crippen LogP contribution in [0.2, 0.25) is 0 Å². The lowest BCUT2D eigenvalue weighted by molar-refractivity contribution is -0.152. The highest BCUT2D eigenvalue weighted by Crippen LogP contribution is 2.41. The van der Waals surface area contributed by atoms with Gasteiger partial charge in [-0.1, -0.05) is 11.8 Å². The van der Waals surface area contributed by atoms with Crippen LogP contribution in [0.25, 0.3) is 10.9 Å². The average molecular weight is 614 g/mol. The first-order valence-corrected chi connectivity index (χ1v) is 14.7. The monoisotopic (exact) mass is 613 g/mol. The van der Waals surface area contributed by atoms with Crippen LogP contribution >= 0.6 is 0 Å². The van der Waals surface area contributed by atoms with E-state index in [-0.39, 0.29) is 24.9 Å². The molecule has 44 heavy (non-hydrogen) atoms. The number of carbonyl (C=O) groups is 1. The van der Waals surface area contributed by atoms with Crippen molar-refractivity contribution in [2.45, 2.75) is 38.4 Å². The highest BCUT2D eigenvalue weighted by molar-refractivity contribution is 5.85. The van der Waals surface area contributed by atoms with Gasteiger partial charge < -0.3 is 14.6 Å². The number of fused-ring (bicyclic) bond motifs is 1. The molecule has 2 aliphatic rings. The van der Waals surface area contributed by atoms with Crippen LogP contribution < -0.4 is 4.74 Å². The molecule has 0 spiro atoms. The van der Waals surface area contributed by atoms with Crippen molar-refractivity contribution in [1.29, 1.82) is 0 Å². The normalized spacial score (nSPS) is 18.0. The van der Waals surface area contributed by atoms with Crippen molar-refractivity contribution in [2.75, 3.05) is 53.0 Å². The number of likely N-dealkylation sites (tertiary alicyclic amines) is 1. The number of aromatic nitrogens is 1. The number of hydrogen-bond acceptors (Lipinski definition) is 6. The Kier molecular flexibility index (Phi) is 10.0. The molecule has 1 atom stereocenters. The summed E-state index contributed by atoms with van der Waals surface area (Å²) >= 11 is 0. The Bertz CT molecular complexity index is 1540. The van der Waals surface area contributed by atoms with Gasteiger partial charge in [-0.05, 0) is 61.6 Å². The molecule has 2 saturated heterocycles. The first-order valence-electron chi connectivity index (χ1n) is 14.7. The van der Waals surface area contributed by atoms with Crippen LogP contribution in [0, 0.1) is 34.7 Å². The van der Waals surface area contributed by atoms with Crippen LogP contribution in [0.1, 0.15) is 48.5 Å². The standard InChI is InChI=1S/C33H35F4N3O4/c1-43-24-4-5-29-25(19-24)30(23(20-38-29)21-40-13-15-44-16-14-40)26(34)6-7-33(32(41)42)8-11-39(12-9-33)10-2-3-22-17-27(35)31(37)28(36)18-22/h4-5,17-20,26H,6-16,21H2,1H3,(H,41,42). The maximum atomic E-state index is 16.4. The molecule has 0 amide bonds. The first kappa shape index (κ1) is 31.7. The van der Waals surface area contributed by atoms with E-state index in [0.29, 0.717) is 67.9 Å². The minimum absolute atomic E-state index is 0.0153. The van der Waals surface area contributed by atoms with Crippen LogP contribution in [0.4, 0.5) is 17.6 Å². The van der Waals surface area contributed by atoms with E-state index in [4.69, 9.17) is 9.47 Å². The summed E-state index contributed by atoms with van der Waals surface area (Å²) < 4.78 is 67.4. The van der Waals surface area contributed by atoms with Gasteiger partial charge in [-0.3, -0.25) is 19.6 Å². The van der Waals surface area contributed by atoms with Crippen LogP contribution in [-0.4, -0.2) is 78.9 Å². The Hall–Kier alpha value is -3.72. The lowest BCUT2D eigenvalue weighted by Crippen LogP contribution is -2.44. The van der Waals surface area contributed by atoms with Crippen molar-refractivity contribution in [2.24, 2.45) is 5.41 Å². The number of methoxy groups -OCH3 is 1. The number of pyridine rings is 1. The molecule has 2 aromatic carbocycles. The van der Waals surface area contributed by atoms with E-state index in [1.165, 1.54) is 0 Å². The molecule has 234 valence electrons. The number of aliphatic carboxylic acids is 1. The van der Waals surface area contributed by atoms with Gasteiger partial charge in [0.1, 0.15) is 11.9 Å².